The lowest BCUT2D eigenvalue weighted by Gasteiger charge is -2.04. The summed E-state index contributed by atoms with van der Waals surface area (Å²) in [5, 5.41) is 3.03. The van der Waals surface area contributed by atoms with Crippen LogP contribution in [0.3, 0.4) is 0 Å². The van der Waals surface area contributed by atoms with Gasteiger partial charge in [0.05, 0.1) is 0 Å². The quantitative estimate of drug-likeness (QED) is 0.688. The summed E-state index contributed by atoms with van der Waals surface area (Å²) >= 11 is 0. The molecule has 0 aliphatic heterocycles. The minimum Gasteiger partial charge on any atom is -0.399 e. The third kappa shape index (κ3) is 3.20. The Hall–Kier alpha value is -1.44. The van der Waals surface area contributed by atoms with E-state index < -0.39 is 0 Å². The highest BCUT2D eigenvalue weighted by Crippen LogP contribution is 2.09. The van der Waals surface area contributed by atoms with Gasteiger partial charge in [0.15, 0.2) is 0 Å². The molecule has 1 aromatic rings. The Kier molecular flexibility index (Phi) is 3.38. The topological polar surface area (TPSA) is 38.0 Å². The molecule has 70 valence electrons. The Balaban J connectivity index is 2.46. The van der Waals surface area contributed by atoms with Crippen molar-refractivity contribution in [2.75, 3.05) is 12.8 Å². The Morgan fingerprint density at radius 3 is 2.54 bits per heavy atom. The molecule has 3 N–H and O–H groups in total. The lowest BCUT2D eigenvalue weighted by atomic mass is 10.1. The highest BCUT2D eigenvalue weighted by Gasteiger charge is 1.94. The third-order valence-corrected chi connectivity index (χ3v) is 2.05. The zero-order valence-corrected chi connectivity index (χ0v) is 8.01. The van der Waals surface area contributed by atoms with Crippen molar-refractivity contribution in [3.05, 3.63) is 42.1 Å². The van der Waals surface area contributed by atoms with Gasteiger partial charge in [-0.1, -0.05) is 18.7 Å². The molecule has 0 atom stereocenters. The molecule has 0 heterocycles. The minimum atomic E-state index is 0.816. The number of anilines is 1. The van der Waals surface area contributed by atoms with E-state index in [9.17, 15) is 0 Å². The molecule has 0 aliphatic carbocycles. The van der Waals surface area contributed by atoms with Gasteiger partial charge < -0.3 is 11.1 Å². The number of hydrogen-bond donors (Lipinski definition) is 2. The molecule has 0 saturated heterocycles. The maximum absolute atomic E-state index is 5.58. The molecule has 2 nitrogen and oxygen atoms in total. The van der Waals surface area contributed by atoms with E-state index in [1.165, 1.54) is 5.56 Å². The number of hydrogen-bond acceptors (Lipinski definition) is 2. The first-order valence-electron chi connectivity index (χ1n) is 4.42. The van der Waals surface area contributed by atoms with E-state index in [1.807, 2.05) is 19.2 Å². The predicted molar refractivity (Wildman–Crippen MR) is 57.4 cm³/mol. The fraction of sp³-hybridized carbons (Fsp3) is 0.273. The van der Waals surface area contributed by atoms with Crippen LogP contribution in [0.4, 0.5) is 5.69 Å². The summed E-state index contributed by atoms with van der Waals surface area (Å²) in [5.41, 5.74) is 8.76. The van der Waals surface area contributed by atoms with E-state index in [1.54, 1.807) is 0 Å². The second-order valence-electron chi connectivity index (χ2n) is 3.10. The molecule has 2 heteroatoms. The maximum atomic E-state index is 5.58. The van der Waals surface area contributed by atoms with Crippen molar-refractivity contribution in [1.29, 1.82) is 0 Å². The monoisotopic (exact) mass is 176 g/mol. The highest BCUT2D eigenvalue weighted by molar-refractivity contribution is 5.39. The van der Waals surface area contributed by atoms with Gasteiger partial charge in [-0.05, 0) is 30.5 Å². The molecule has 1 aromatic carbocycles. The second kappa shape index (κ2) is 4.55. The summed E-state index contributed by atoms with van der Waals surface area (Å²) in [6.45, 7) is 3.87. The first-order chi connectivity index (χ1) is 6.22. The molecule has 0 bridgehead atoms. The lowest BCUT2D eigenvalue weighted by molar-refractivity contribution is 0.842. The standard InChI is InChI=1S/C11H16N2/c1-9(13-2)3-4-10-5-7-11(12)8-6-10/h5-8,13H,1,3-4,12H2,2H3. The van der Waals surface area contributed by atoms with Crippen LogP contribution in [-0.2, 0) is 6.42 Å². The van der Waals surface area contributed by atoms with E-state index in [2.05, 4.69) is 24.0 Å². The number of nitrogens with two attached hydrogens (primary N) is 1. The molecular weight excluding hydrogens is 160 g/mol. The molecule has 0 amide bonds. The number of aryl methyl sites for hydroxylation is 1. The van der Waals surface area contributed by atoms with Crippen LogP contribution in [0.1, 0.15) is 12.0 Å². The molecule has 0 aromatic heterocycles. The Labute approximate surface area is 79.5 Å². The zero-order valence-electron chi connectivity index (χ0n) is 8.01. The third-order valence-electron chi connectivity index (χ3n) is 2.05. The SMILES string of the molecule is C=C(CCc1ccc(N)cc1)NC. The molecule has 0 saturated carbocycles. The van der Waals surface area contributed by atoms with Crippen molar-refractivity contribution in [3.63, 3.8) is 0 Å². The Morgan fingerprint density at radius 2 is 2.00 bits per heavy atom. The number of allylic oxidation sites excluding steroid dienone is 1. The molecule has 0 spiro atoms. The second-order valence-corrected chi connectivity index (χ2v) is 3.10. The summed E-state index contributed by atoms with van der Waals surface area (Å²) in [5.74, 6) is 0. The summed E-state index contributed by atoms with van der Waals surface area (Å²) < 4.78 is 0. The van der Waals surface area contributed by atoms with Gasteiger partial charge in [-0.3, -0.25) is 0 Å². The van der Waals surface area contributed by atoms with E-state index >= 15 is 0 Å². The number of nitrogens with one attached hydrogen (secondary N) is 1. The van der Waals surface area contributed by atoms with Gasteiger partial charge >= 0.3 is 0 Å². The van der Waals surface area contributed by atoms with E-state index in [-0.39, 0.29) is 0 Å². The van der Waals surface area contributed by atoms with E-state index in [0.29, 0.717) is 0 Å². The van der Waals surface area contributed by atoms with Gasteiger partial charge in [0.25, 0.3) is 0 Å². The van der Waals surface area contributed by atoms with Crippen molar-refractivity contribution < 1.29 is 0 Å². The van der Waals surface area contributed by atoms with Crippen molar-refractivity contribution >= 4 is 5.69 Å². The highest BCUT2D eigenvalue weighted by atomic mass is 14.8. The van der Waals surface area contributed by atoms with Gasteiger partial charge in [0.2, 0.25) is 0 Å². The fourth-order valence-electron chi connectivity index (χ4n) is 1.10. The minimum absolute atomic E-state index is 0.816. The van der Waals surface area contributed by atoms with Crippen LogP contribution >= 0.6 is 0 Å². The molecular formula is C11H16N2. The van der Waals surface area contributed by atoms with E-state index in [0.717, 1.165) is 24.2 Å². The van der Waals surface area contributed by atoms with Crippen LogP contribution < -0.4 is 11.1 Å². The Bertz CT molecular complexity index is 275. The number of rotatable bonds is 4. The average Bonchev–Trinajstić information content (AvgIpc) is 2.16. The van der Waals surface area contributed by atoms with Crippen LogP contribution in [-0.4, -0.2) is 7.05 Å². The summed E-state index contributed by atoms with van der Waals surface area (Å²) in [4.78, 5) is 0. The van der Waals surface area contributed by atoms with Gasteiger partial charge in [-0.15, -0.1) is 0 Å². The zero-order chi connectivity index (χ0) is 9.68. The molecule has 0 fully saturated rings. The van der Waals surface area contributed by atoms with Crippen LogP contribution in [0.25, 0.3) is 0 Å². The largest absolute Gasteiger partial charge is 0.399 e. The van der Waals surface area contributed by atoms with Crippen molar-refractivity contribution in [3.8, 4) is 0 Å². The maximum Gasteiger partial charge on any atom is 0.0314 e. The van der Waals surface area contributed by atoms with Crippen LogP contribution in [0.2, 0.25) is 0 Å². The lowest BCUT2D eigenvalue weighted by Crippen LogP contribution is -2.04. The summed E-state index contributed by atoms with van der Waals surface area (Å²) in [6.07, 6.45) is 1.99. The van der Waals surface area contributed by atoms with Gasteiger partial charge in [0, 0.05) is 18.4 Å². The van der Waals surface area contributed by atoms with Gasteiger partial charge in [0.1, 0.15) is 0 Å². The number of nitrogen functional groups attached to an aromatic ring is 1. The van der Waals surface area contributed by atoms with Crippen molar-refractivity contribution in [1.82, 2.24) is 5.32 Å². The number of benzene rings is 1. The van der Waals surface area contributed by atoms with Gasteiger partial charge in [-0.25, -0.2) is 0 Å². The molecule has 0 aliphatic rings. The molecule has 0 radical (unpaired) electrons. The summed E-state index contributed by atoms with van der Waals surface area (Å²) in [6, 6.07) is 7.96. The molecule has 13 heavy (non-hydrogen) atoms. The van der Waals surface area contributed by atoms with Gasteiger partial charge in [-0.2, -0.15) is 0 Å². The molecule has 1 rings (SSSR count). The average molecular weight is 176 g/mol. The summed E-state index contributed by atoms with van der Waals surface area (Å²) in [7, 11) is 1.89. The first kappa shape index (κ1) is 9.65. The normalized spacial score (nSPS) is 9.62. The fourth-order valence-corrected chi connectivity index (χ4v) is 1.10. The van der Waals surface area contributed by atoms with Crippen molar-refractivity contribution in [2.24, 2.45) is 0 Å². The first-order valence-corrected chi connectivity index (χ1v) is 4.42. The van der Waals surface area contributed by atoms with Crippen molar-refractivity contribution in [2.45, 2.75) is 12.8 Å². The van der Waals surface area contributed by atoms with Crippen LogP contribution in [0.5, 0.6) is 0 Å². The smallest absolute Gasteiger partial charge is 0.0314 e. The Morgan fingerprint density at radius 1 is 1.38 bits per heavy atom. The molecule has 0 unspecified atom stereocenters. The van der Waals surface area contributed by atoms with Crippen LogP contribution in [0, 0.1) is 0 Å². The predicted octanol–water partition coefficient (Wildman–Crippen LogP) is 1.93. The van der Waals surface area contributed by atoms with Crippen LogP contribution in [0.15, 0.2) is 36.5 Å². The van der Waals surface area contributed by atoms with E-state index in [4.69, 9.17) is 5.73 Å².